The van der Waals surface area contributed by atoms with Crippen LogP contribution in [0.2, 0.25) is 0 Å². The Labute approximate surface area is 180 Å². The molecule has 6 nitrogen and oxygen atoms in total. The molecular formula is C25H21NO5. The van der Waals surface area contributed by atoms with Crippen LogP contribution in [0.25, 0.3) is 5.76 Å². The van der Waals surface area contributed by atoms with Crippen LogP contribution in [0.5, 0.6) is 11.5 Å². The van der Waals surface area contributed by atoms with Crippen LogP contribution in [0.4, 0.5) is 5.69 Å². The molecule has 1 unspecified atom stereocenters. The predicted molar refractivity (Wildman–Crippen MR) is 117 cm³/mol. The number of hydrogen-bond acceptors (Lipinski definition) is 5. The summed E-state index contributed by atoms with van der Waals surface area (Å²) in [6.07, 6.45) is 0. The van der Waals surface area contributed by atoms with Gasteiger partial charge in [0.25, 0.3) is 11.7 Å². The first-order valence-electron chi connectivity index (χ1n) is 9.70. The zero-order valence-electron chi connectivity index (χ0n) is 17.1. The zero-order chi connectivity index (χ0) is 22.0. The Morgan fingerprint density at radius 2 is 1.58 bits per heavy atom. The second-order valence-electron chi connectivity index (χ2n) is 6.98. The van der Waals surface area contributed by atoms with Crippen LogP contribution >= 0.6 is 0 Å². The lowest BCUT2D eigenvalue weighted by molar-refractivity contribution is -0.132. The SMILES string of the molecule is COc1cccc(/C(O)=C2/C(=O)C(=O)N(c3ccccc3)C2c2ccccc2OC)c1. The van der Waals surface area contributed by atoms with Crippen molar-refractivity contribution >= 4 is 23.1 Å². The fourth-order valence-corrected chi connectivity index (χ4v) is 3.80. The Morgan fingerprint density at radius 3 is 2.29 bits per heavy atom. The molecule has 1 heterocycles. The lowest BCUT2D eigenvalue weighted by Crippen LogP contribution is -2.29. The van der Waals surface area contributed by atoms with Gasteiger partial charge in [0.2, 0.25) is 0 Å². The van der Waals surface area contributed by atoms with Crippen molar-refractivity contribution in [3.8, 4) is 11.5 Å². The minimum atomic E-state index is -0.857. The molecule has 4 rings (SSSR count). The number of Topliss-reactive ketones (excluding diaryl/α,β-unsaturated/α-hetero) is 1. The Balaban J connectivity index is 1.98. The number of ketones is 1. The number of carbonyl (C=O) groups is 2. The minimum absolute atomic E-state index is 0.00777. The number of aliphatic hydroxyl groups is 1. The summed E-state index contributed by atoms with van der Waals surface area (Å²) in [6, 6.07) is 21.9. The highest BCUT2D eigenvalue weighted by Gasteiger charge is 2.47. The number of hydrogen-bond donors (Lipinski definition) is 1. The first-order valence-corrected chi connectivity index (χ1v) is 9.70. The molecule has 0 bridgehead atoms. The highest BCUT2D eigenvalue weighted by Crippen LogP contribution is 2.44. The van der Waals surface area contributed by atoms with Crippen molar-refractivity contribution in [2.24, 2.45) is 0 Å². The van der Waals surface area contributed by atoms with Gasteiger partial charge in [-0.05, 0) is 30.3 Å². The maximum Gasteiger partial charge on any atom is 0.300 e. The van der Waals surface area contributed by atoms with Crippen LogP contribution in [-0.2, 0) is 9.59 Å². The smallest absolute Gasteiger partial charge is 0.300 e. The number of para-hydroxylation sites is 2. The maximum absolute atomic E-state index is 13.2. The Hall–Kier alpha value is -4.06. The van der Waals surface area contributed by atoms with Gasteiger partial charge >= 0.3 is 0 Å². The van der Waals surface area contributed by atoms with E-state index in [0.29, 0.717) is 28.3 Å². The van der Waals surface area contributed by atoms with E-state index in [0.717, 1.165) is 0 Å². The third kappa shape index (κ3) is 3.53. The Kier molecular flexibility index (Phi) is 5.45. The van der Waals surface area contributed by atoms with Gasteiger partial charge in [0.15, 0.2) is 0 Å². The molecule has 1 N–H and O–H groups in total. The average Bonchev–Trinajstić information content (AvgIpc) is 3.09. The third-order valence-electron chi connectivity index (χ3n) is 5.26. The minimum Gasteiger partial charge on any atom is -0.507 e. The predicted octanol–water partition coefficient (Wildman–Crippen LogP) is 4.33. The molecule has 1 amide bonds. The van der Waals surface area contributed by atoms with Gasteiger partial charge in [0.05, 0.1) is 25.8 Å². The summed E-state index contributed by atoms with van der Waals surface area (Å²) in [6.45, 7) is 0. The van der Waals surface area contributed by atoms with E-state index >= 15 is 0 Å². The number of nitrogens with zero attached hydrogens (tertiary/aromatic N) is 1. The summed E-state index contributed by atoms with van der Waals surface area (Å²) in [5, 5.41) is 11.2. The number of aliphatic hydroxyl groups excluding tert-OH is 1. The normalized spacial score (nSPS) is 17.6. The molecule has 1 saturated heterocycles. The van der Waals surface area contributed by atoms with Crippen LogP contribution in [0, 0.1) is 0 Å². The Bertz CT molecular complexity index is 1170. The molecule has 0 radical (unpaired) electrons. The summed E-state index contributed by atoms with van der Waals surface area (Å²) in [4.78, 5) is 27.7. The standard InChI is InChI=1S/C25H21NO5/c1-30-18-12-8-9-16(15-18)23(27)21-22(19-13-6-7-14-20(19)31-2)26(25(29)24(21)28)17-10-4-3-5-11-17/h3-15,22,27H,1-2H3/b23-21-. The van der Waals surface area contributed by atoms with Gasteiger partial charge in [-0.15, -0.1) is 0 Å². The van der Waals surface area contributed by atoms with Gasteiger partial charge in [-0.2, -0.15) is 0 Å². The van der Waals surface area contributed by atoms with Gasteiger partial charge in [-0.25, -0.2) is 0 Å². The van der Waals surface area contributed by atoms with E-state index in [1.807, 2.05) is 6.07 Å². The summed E-state index contributed by atoms with van der Waals surface area (Å²) in [5.41, 5.74) is 1.51. The molecule has 1 aliphatic heterocycles. The van der Waals surface area contributed by atoms with Crippen LogP contribution in [-0.4, -0.2) is 31.0 Å². The number of rotatable bonds is 5. The fourth-order valence-electron chi connectivity index (χ4n) is 3.80. The molecule has 1 atom stereocenters. The summed E-state index contributed by atoms with van der Waals surface area (Å²) in [7, 11) is 3.04. The van der Waals surface area contributed by atoms with Gasteiger partial charge in [-0.3, -0.25) is 14.5 Å². The van der Waals surface area contributed by atoms with Crippen LogP contribution in [0.1, 0.15) is 17.2 Å². The third-order valence-corrected chi connectivity index (χ3v) is 5.26. The number of benzene rings is 3. The quantitative estimate of drug-likeness (QED) is 0.381. The lowest BCUT2D eigenvalue weighted by Gasteiger charge is -2.26. The Morgan fingerprint density at radius 1 is 0.871 bits per heavy atom. The average molecular weight is 415 g/mol. The highest BCUT2D eigenvalue weighted by atomic mass is 16.5. The monoisotopic (exact) mass is 415 g/mol. The van der Waals surface area contributed by atoms with Gasteiger partial charge in [-0.1, -0.05) is 48.5 Å². The first kappa shape index (κ1) is 20.2. The highest BCUT2D eigenvalue weighted by molar-refractivity contribution is 6.51. The van der Waals surface area contributed by atoms with E-state index in [-0.39, 0.29) is 11.3 Å². The lowest BCUT2D eigenvalue weighted by atomic mass is 9.94. The van der Waals surface area contributed by atoms with Crippen molar-refractivity contribution in [1.29, 1.82) is 0 Å². The number of anilines is 1. The van der Waals surface area contributed by atoms with Crippen molar-refractivity contribution < 1.29 is 24.2 Å². The molecule has 1 fully saturated rings. The molecule has 3 aromatic carbocycles. The molecule has 156 valence electrons. The van der Waals surface area contributed by atoms with Crippen LogP contribution in [0.3, 0.4) is 0 Å². The number of methoxy groups -OCH3 is 2. The first-order chi connectivity index (χ1) is 15.1. The largest absolute Gasteiger partial charge is 0.507 e. The molecule has 0 aromatic heterocycles. The van der Waals surface area contributed by atoms with Crippen molar-refractivity contribution in [3.05, 3.63) is 95.6 Å². The molecule has 3 aromatic rings. The maximum atomic E-state index is 13.2. The van der Waals surface area contributed by atoms with E-state index in [9.17, 15) is 14.7 Å². The van der Waals surface area contributed by atoms with Crippen molar-refractivity contribution in [2.45, 2.75) is 6.04 Å². The van der Waals surface area contributed by atoms with E-state index < -0.39 is 17.7 Å². The molecule has 0 spiro atoms. The van der Waals surface area contributed by atoms with Crippen molar-refractivity contribution in [2.75, 3.05) is 19.1 Å². The number of carbonyl (C=O) groups excluding carboxylic acids is 2. The van der Waals surface area contributed by atoms with E-state index in [2.05, 4.69) is 0 Å². The van der Waals surface area contributed by atoms with Crippen molar-refractivity contribution in [3.63, 3.8) is 0 Å². The van der Waals surface area contributed by atoms with Gasteiger partial charge in [0, 0.05) is 16.8 Å². The second kappa shape index (κ2) is 8.36. The van der Waals surface area contributed by atoms with E-state index in [1.165, 1.54) is 19.1 Å². The van der Waals surface area contributed by atoms with E-state index in [1.54, 1.807) is 72.8 Å². The van der Waals surface area contributed by atoms with Crippen LogP contribution in [0.15, 0.2) is 84.4 Å². The second-order valence-corrected chi connectivity index (χ2v) is 6.98. The summed E-state index contributed by atoms with van der Waals surface area (Å²) >= 11 is 0. The number of amides is 1. The van der Waals surface area contributed by atoms with E-state index in [4.69, 9.17) is 9.47 Å². The topological polar surface area (TPSA) is 76.1 Å². The molecule has 0 aliphatic carbocycles. The van der Waals surface area contributed by atoms with Crippen molar-refractivity contribution in [1.82, 2.24) is 0 Å². The number of ether oxygens (including phenoxy) is 2. The van der Waals surface area contributed by atoms with Crippen LogP contribution < -0.4 is 14.4 Å². The molecule has 0 saturated carbocycles. The fraction of sp³-hybridized carbons (Fsp3) is 0.120. The zero-order valence-corrected chi connectivity index (χ0v) is 17.1. The molecule has 1 aliphatic rings. The molecular weight excluding hydrogens is 394 g/mol. The summed E-state index contributed by atoms with van der Waals surface area (Å²) < 4.78 is 10.7. The molecule has 31 heavy (non-hydrogen) atoms. The summed E-state index contributed by atoms with van der Waals surface area (Å²) in [5.74, 6) is -0.722. The van der Waals surface area contributed by atoms with Gasteiger partial charge < -0.3 is 14.6 Å². The van der Waals surface area contributed by atoms with Gasteiger partial charge in [0.1, 0.15) is 17.3 Å². The molecule has 6 heteroatoms.